The highest BCUT2D eigenvalue weighted by Gasteiger charge is 2.17. The Morgan fingerprint density at radius 3 is 2.62 bits per heavy atom. The molecule has 29 heavy (non-hydrogen) atoms. The van der Waals surface area contributed by atoms with Crippen LogP contribution in [0.15, 0.2) is 69.3 Å². The Balaban J connectivity index is 1.90. The lowest BCUT2D eigenvalue weighted by Crippen LogP contribution is -2.39. The first-order chi connectivity index (χ1) is 14.0. The molecule has 0 spiro atoms. The number of hydrogen-bond donors (Lipinski definition) is 1. The molecule has 0 saturated heterocycles. The standard InChI is InChI=1S/C20H16N4O4S/c1-29-15-4-2-3-14(9-15)24-17-16(21-11-22-17)18(25)23(20(24)28)10-12-5-7-13(8-6-12)19(26)27/h2-9,11H,10H2,1H3,(H,21,22)(H,26,27)/p-1. The zero-order chi connectivity index (χ0) is 20.5. The molecule has 146 valence electrons. The van der Waals surface area contributed by atoms with Crippen molar-refractivity contribution in [2.45, 2.75) is 11.4 Å². The van der Waals surface area contributed by atoms with Crippen LogP contribution in [-0.2, 0) is 6.54 Å². The molecule has 9 heteroatoms. The normalized spacial score (nSPS) is 11.1. The third-order valence-electron chi connectivity index (χ3n) is 4.55. The Hall–Kier alpha value is -3.59. The number of benzene rings is 2. The minimum Gasteiger partial charge on any atom is -0.545 e. The monoisotopic (exact) mass is 407 g/mol. The zero-order valence-electron chi connectivity index (χ0n) is 15.3. The molecule has 0 aliphatic carbocycles. The van der Waals surface area contributed by atoms with E-state index >= 15 is 0 Å². The van der Waals surface area contributed by atoms with E-state index in [-0.39, 0.29) is 23.3 Å². The number of imidazole rings is 1. The van der Waals surface area contributed by atoms with Gasteiger partial charge in [-0.25, -0.2) is 14.3 Å². The van der Waals surface area contributed by atoms with Crippen molar-refractivity contribution in [1.29, 1.82) is 0 Å². The zero-order valence-corrected chi connectivity index (χ0v) is 16.1. The van der Waals surface area contributed by atoms with Crippen LogP contribution in [0.4, 0.5) is 0 Å². The molecule has 0 unspecified atom stereocenters. The van der Waals surface area contributed by atoms with Crippen LogP contribution in [0, 0.1) is 0 Å². The van der Waals surface area contributed by atoms with Gasteiger partial charge in [-0.3, -0.25) is 9.36 Å². The summed E-state index contributed by atoms with van der Waals surface area (Å²) in [6.07, 6.45) is 3.31. The maximum Gasteiger partial charge on any atom is 0.337 e. The van der Waals surface area contributed by atoms with E-state index in [1.807, 2.05) is 24.5 Å². The average Bonchev–Trinajstić information content (AvgIpc) is 3.21. The highest BCUT2D eigenvalue weighted by molar-refractivity contribution is 7.98. The van der Waals surface area contributed by atoms with Crippen molar-refractivity contribution in [1.82, 2.24) is 19.1 Å². The molecule has 0 aliphatic heterocycles. The van der Waals surface area contributed by atoms with Gasteiger partial charge < -0.3 is 14.9 Å². The van der Waals surface area contributed by atoms with Gasteiger partial charge in [0.25, 0.3) is 5.56 Å². The highest BCUT2D eigenvalue weighted by atomic mass is 32.2. The van der Waals surface area contributed by atoms with Crippen LogP contribution >= 0.6 is 11.8 Å². The van der Waals surface area contributed by atoms with Gasteiger partial charge in [-0.2, -0.15) is 0 Å². The molecule has 0 fully saturated rings. The summed E-state index contributed by atoms with van der Waals surface area (Å²) >= 11 is 1.54. The predicted octanol–water partition coefficient (Wildman–Crippen LogP) is 1.01. The second kappa shape index (κ2) is 7.44. The van der Waals surface area contributed by atoms with Crippen LogP contribution in [-0.4, -0.2) is 31.3 Å². The fraction of sp³-hybridized carbons (Fsp3) is 0.100. The number of nitrogens with one attached hydrogen (secondary N) is 1. The molecule has 8 nitrogen and oxygen atoms in total. The molecule has 0 atom stereocenters. The number of fused-ring (bicyclic) bond motifs is 1. The molecular weight excluding hydrogens is 392 g/mol. The summed E-state index contributed by atoms with van der Waals surface area (Å²) < 4.78 is 2.49. The first-order valence-electron chi connectivity index (χ1n) is 8.63. The number of H-pyrrole nitrogens is 1. The van der Waals surface area contributed by atoms with Gasteiger partial charge in [0.05, 0.1) is 24.5 Å². The van der Waals surface area contributed by atoms with E-state index in [1.165, 1.54) is 34.8 Å². The van der Waals surface area contributed by atoms with Crippen LogP contribution in [0.1, 0.15) is 15.9 Å². The summed E-state index contributed by atoms with van der Waals surface area (Å²) in [5.74, 6) is -1.29. The number of rotatable bonds is 5. The number of aromatic amines is 1. The summed E-state index contributed by atoms with van der Waals surface area (Å²) in [4.78, 5) is 45.0. The molecule has 2 heterocycles. The van der Waals surface area contributed by atoms with Crippen LogP contribution in [0.5, 0.6) is 0 Å². The van der Waals surface area contributed by atoms with Gasteiger partial charge in [-0.05, 0) is 35.6 Å². The third-order valence-corrected chi connectivity index (χ3v) is 5.28. The van der Waals surface area contributed by atoms with E-state index in [9.17, 15) is 19.5 Å². The number of hydrogen-bond acceptors (Lipinski definition) is 6. The average molecular weight is 407 g/mol. The van der Waals surface area contributed by atoms with Crippen LogP contribution < -0.4 is 16.4 Å². The van der Waals surface area contributed by atoms with E-state index in [4.69, 9.17) is 0 Å². The molecule has 4 aromatic rings. The van der Waals surface area contributed by atoms with E-state index in [2.05, 4.69) is 9.97 Å². The van der Waals surface area contributed by atoms with Crippen molar-refractivity contribution in [3.63, 3.8) is 0 Å². The van der Waals surface area contributed by atoms with Crippen molar-refractivity contribution in [2.75, 3.05) is 6.26 Å². The minimum atomic E-state index is -1.29. The fourth-order valence-electron chi connectivity index (χ4n) is 3.10. The predicted molar refractivity (Wildman–Crippen MR) is 108 cm³/mol. The number of carbonyl (C=O) groups excluding carboxylic acids is 1. The lowest BCUT2D eigenvalue weighted by molar-refractivity contribution is -0.255. The number of nitrogens with zero attached hydrogens (tertiary/aromatic N) is 3. The minimum absolute atomic E-state index is 0.0117. The Morgan fingerprint density at radius 2 is 1.93 bits per heavy atom. The summed E-state index contributed by atoms with van der Waals surface area (Å²) in [6.45, 7) is -0.0117. The number of carboxylic acids is 1. The summed E-state index contributed by atoms with van der Waals surface area (Å²) in [5, 5.41) is 10.9. The van der Waals surface area contributed by atoms with Crippen molar-refractivity contribution in [2.24, 2.45) is 0 Å². The molecule has 0 bridgehead atoms. The molecule has 2 aromatic heterocycles. The molecular formula is C20H15N4O4S-. The topological polar surface area (TPSA) is 113 Å². The quantitative estimate of drug-likeness (QED) is 0.494. The Kier molecular flexibility index (Phi) is 4.81. The first kappa shape index (κ1) is 18.8. The first-order valence-corrected chi connectivity index (χ1v) is 9.85. The smallest absolute Gasteiger partial charge is 0.337 e. The van der Waals surface area contributed by atoms with Gasteiger partial charge in [0.15, 0.2) is 5.65 Å². The fourth-order valence-corrected chi connectivity index (χ4v) is 3.55. The van der Waals surface area contributed by atoms with Gasteiger partial charge in [0, 0.05) is 4.90 Å². The van der Waals surface area contributed by atoms with Crippen molar-refractivity contribution in [3.05, 3.63) is 86.8 Å². The van der Waals surface area contributed by atoms with E-state index in [0.29, 0.717) is 11.3 Å². The molecule has 0 aliphatic rings. The molecule has 0 saturated carbocycles. The summed E-state index contributed by atoms with van der Waals surface area (Å²) in [5.41, 5.74) is 0.668. The second-order valence-electron chi connectivity index (χ2n) is 6.30. The number of aromatic nitrogens is 4. The van der Waals surface area contributed by atoms with Crippen LogP contribution in [0.25, 0.3) is 16.9 Å². The second-order valence-corrected chi connectivity index (χ2v) is 7.18. The maximum absolute atomic E-state index is 13.2. The number of aromatic carboxylic acids is 1. The van der Waals surface area contributed by atoms with E-state index in [1.54, 1.807) is 18.2 Å². The largest absolute Gasteiger partial charge is 0.545 e. The van der Waals surface area contributed by atoms with E-state index < -0.39 is 17.2 Å². The number of carbonyl (C=O) groups is 1. The van der Waals surface area contributed by atoms with Crippen molar-refractivity contribution < 1.29 is 9.90 Å². The molecule has 2 aromatic carbocycles. The van der Waals surface area contributed by atoms with Gasteiger partial charge in [0.2, 0.25) is 0 Å². The lowest BCUT2D eigenvalue weighted by atomic mass is 10.1. The van der Waals surface area contributed by atoms with Gasteiger partial charge in [-0.1, -0.05) is 30.3 Å². The van der Waals surface area contributed by atoms with Crippen molar-refractivity contribution >= 4 is 28.9 Å². The van der Waals surface area contributed by atoms with E-state index in [0.717, 1.165) is 9.46 Å². The summed E-state index contributed by atoms with van der Waals surface area (Å²) in [6, 6.07) is 13.2. The number of carboxylic acid groups (broad SMARTS) is 1. The van der Waals surface area contributed by atoms with Crippen LogP contribution in [0.3, 0.4) is 0 Å². The number of thioether (sulfide) groups is 1. The summed E-state index contributed by atoms with van der Waals surface area (Å²) in [7, 11) is 0. The SMILES string of the molecule is CSc1cccc(-n2c(=O)n(Cc3ccc(C(=O)[O-])cc3)c(=O)c3[nH]cnc32)c1. The molecule has 0 amide bonds. The molecule has 1 N–H and O–H groups in total. The lowest BCUT2D eigenvalue weighted by Gasteiger charge is -2.12. The molecule has 0 radical (unpaired) electrons. The third kappa shape index (κ3) is 3.36. The highest BCUT2D eigenvalue weighted by Crippen LogP contribution is 2.19. The van der Waals surface area contributed by atoms with Crippen molar-refractivity contribution in [3.8, 4) is 5.69 Å². The maximum atomic E-state index is 13.2. The van der Waals surface area contributed by atoms with Gasteiger partial charge in [-0.15, -0.1) is 11.8 Å². The Morgan fingerprint density at radius 1 is 1.17 bits per heavy atom. The van der Waals surface area contributed by atoms with Gasteiger partial charge >= 0.3 is 5.69 Å². The molecule has 4 rings (SSSR count). The van der Waals surface area contributed by atoms with Gasteiger partial charge in [0.1, 0.15) is 5.52 Å². The Bertz CT molecular complexity index is 1340. The Labute approximate surface area is 168 Å². The van der Waals surface area contributed by atoms with Crippen LogP contribution in [0.2, 0.25) is 0 Å².